The monoisotopic (exact) mass is 513 g/mol. The van der Waals surface area contributed by atoms with Gasteiger partial charge in [0, 0.05) is 0 Å². The Morgan fingerprint density at radius 1 is 0.583 bits per heavy atom. The molecule has 0 saturated heterocycles. The lowest BCUT2D eigenvalue weighted by atomic mass is 10.1. The maximum atomic E-state index is 12.2. The van der Waals surface area contributed by atoms with E-state index in [2.05, 4.69) is 0 Å². The topological polar surface area (TPSA) is 139 Å². The molecule has 2 rings (SSSR count). The van der Waals surface area contributed by atoms with Crippen LogP contribution in [-0.4, -0.2) is 127 Å². The Balaban J connectivity index is 1.27. The smallest absolute Gasteiger partial charge is 0.329 e. The molecule has 0 aromatic heterocycles. The zero-order valence-electron chi connectivity index (χ0n) is 20.4. The highest BCUT2D eigenvalue weighted by Gasteiger charge is 2.34. The third-order valence-electron chi connectivity index (χ3n) is 4.80. The highest BCUT2D eigenvalue weighted by molar-refractivity contribution is 6.21. The summed E-state index contributed by atoms with van der Waals surface area (Å²) in [5.41, 5.74) is 0.872. The first-order valence-corrected chi connectivity index (χ1v) is 11.8. The molecule has 2 amide bonds. The second-order valence-electron chi connectivity index (χ2n) is 7.43. The van der Waals surface area contributed by atoms with E-state index in [9.17, 15) is 14.4 Å². The molecule has 0 saturated carbocycles. The molecule has 36 heavy (non-hydrogen) atoms. The molecule has 1 heterocycles. The van der Waals surface area contributed by atoms with E-state index in [-0.39, 0.29) is 38.2 Å². The lowest BCUT2D eigenvalue weighted by Crippen LogP contribution is -2.33. The minimum Gasteiger partial charge on any atom is -0.480 e. The fourth-order valence-electron chi connectivity index (χ4n) is 3.08. The van der Waals surface area contributed by atoms with Crippen LogP contribution < -0.4 is 0 Å². The summed E-state index contributed by atoms with van der Waals surface area (Å²) in [4.78, 5) is 35.9. The van der Waals surface area contributed by atoms with Gasteiger partial charge < -0.3 is 38.3 Å². The molecular formula is C24H35NO11. The van der Waals surface area contributed by atoms with Gasteiger partial charge in [-0.3, -0.25) is 14.5 Å². The molecule has 0 unspecified atom stereocenters. The summed E-state index contributed by atoms with van der Waals surface area (Å²) in [6.07, 6.45) is 0. The fourth-order valence-corrected chi connectivity index (χ4v) is 3.08. The van der Waals surface area contributed by atoms with Crippen molar-refractivity contribution in [3.05, 3.63) is 35.4 Å². The van der Waals surface area contributed by atoms with Gasteiger partial charge in [-0.2, -0.15) is 0 Å². The van der Waals surface area contributed by atoms with Crippen molar-refractivity contribution in [1.82, 2.24) is 4.90 Å². The van der Waals surface area contributed by atoms with E-state index < -0.39 is 5.97 Å². The number of amides is 2. The molecular weight excluding hydrogens is 478 g/mol. The minimum absolute atomic E-state index is 0.208. The van der Waals surface area contributed by atoms with E-state index in [1.807, 2.05) is 0 Å². The van der Waals surface area contributed by atoms with Crippen molar-refractivity contribution in [2.24, 2.45) is 0 Å². The third kappa shape index (κ3) is 12.0. The number of nitrogens with zero attached hydrogens (tertiary/aromatic N) is 1. The lowest BCUT2D eigenvalue weighted by Gasteiger charge is -2.13. The number of hydrogen-bond acceptors (Lipinski definition) is 10. The predicted molar refractivity (Wildman–Crippen MR) is 125 cm³/mol. The van der Waals surface area contributed by atoms with E-state index in [1.54, 1.807) is 24.3 Å². The van der Waals surface area contributed by atoms with Crippen LogP contribution in [0.3, 0.4) is 0 Å². The van der Waals surface area contributed by atoms with E-state index in [0.29, 0.717) is 83.8 Å². The molecule has 0 fully saturated rings. The zero-order valence-corrected chi connectivity index (χ0v) is 20.4. The van der Waals surface area contributed by atoms with Gasteiger partial charge in [0.05, 0.1) is 104 Å². The van der Waals surface area contributed by atoms with E-state index in [1.165, 1.54) is 4.90 Å². The number of carbonyl (C=O) groups is 3. The second-order valence-corrected chi connectivity index (χ2v) is 7.43. The molecule has 12 nitrogen and oxygen atoms in total. The van der Waals surface area contributed by atoms with Gasteiger partial charge >= 0.3 is 5.97 Å². The number of carboxylic acids is 1. The fraction of sp³-hybridized carbons (Fsp3) is 0.625. The van der Waals surface area contributed by atoms with Gasteiger partial charge in [0.25, 0.3) is 11.8 Å². The Hall–Kier alpha value is -2.45. The number of fused-ring (bicyclic) bond motifs is 1. The largest absolute Gasteiger partial charge is 0.480 e. The van der Waals surface area contributed by atoms with Crippen molar-refractivity contribution in [2.45, 2.75) is 0 Å². The van der Waals surface area contributed by atoms with Crippen molar-refractivity contribution in [1.29, 1.82) is 0 Å². The third-order valence-corrected chi connectivity index (χ3v) is 4.80. The summed E-state index contributed by atoms with van der Waals surface area (Å²) in [5, 5.41) is 8.40. The maximum absolute atomic E-state index is 12.2. The summed E-state index contributed by atoms with van der Waals surface area (Å²) in [7, 11) is 0. The number of ether oxygens (including phenoxy) is 7. The Kier molecular flexibility index (Phi) is 15.5. The van der Waals surface area contributed by atoms with Crippen LogP contribution in [0.2, 0.25) is 0 Å². The van der Waals surface area contributed by atoms with Crippen LogP contribution in [0.25, 0.3) is 0 Å². The first kappa shape index (κ1) is 29.8. The first-order chi connectivity index (χ1) is 17.6. The second kappa shape index (κ2) is 18.8. The average molecular weight is 514 g/mol. The van der Waals surface area contributed by atoms with Gasteiger partial charge in [0.15, 0.2) is 0 Å². The maximum Gasteiger partial charge on any atom is 0.329 e. The number of rotatable bonds is 23. The van der Waals surface area contributed by atoms with Crippen molar-refractivity contribution in [2.75, 3.05) is 99.0 Å². The van der Waals surface area contributed by atoms with Crippen molar-refractivity contribution >= 4 is 17.8 Å². The molecule has 1 aliphatic heterocycles. The van der Waals surface area contributed by atoms with E-state index >= 15 is 0 Å². The molecule has 1 aromatic carbocycles. The predicted octanol–water partition coefficient (Wildman–Crippen LogP) is 0.483. The highest BCUT2D eigenvalue weighted by atomic mass is 16.6. The summed E-state index contributed by atoms with van der Waals surface area (Å²) < 4.78 is 37.1. The van der Waals surface area contributed by atoms with Gasteiger partial charge in [0.1, 0.15) is 6.61 Å². The average Bonchev–Trinajstić information content (AvgIpc) is 3.11. The Bertz CT molecular complexity index is 754. The molecule has 0 radical (unpaired) electrons. The Morgan fingerprint density at radius 3 is 1.28 bits per heavy atom. The molecule has 202 valence electrons. The van der Waals surface area contributed by atoms with Crippen molar-refractivity contribution in [3.8, 4) is 0 Å². The van der Waals surface area contributed by atoms with Crippen LogP contribution in [0.1, 0.15) is 20.7 Å². The number of carbonyl (C=O) groups excluding carboxylic acids is 2. The summed E-state index contributed by atoms with van der Waals surface area (Å²) in [6, 6.07) is 6.78. The van der Waals surface area contributed by atoms with E-state index in [4.69, 9.17) is 38.3 Å². The molecule has 0 atom stereocenters. The molecule has 12 heteroatoms. The van der Waals surface area contributed by atoms with Gasteiger partial charge in [-0.15, -0.1) is 0 Å². The van der Waals surface area contributed by atoms with Crippen LogP contribution in [0.4, 0.5) is 0 Å². The normalized spacial score (nSPS) is 12.9. The summed E-state index contributed by atoms with van der Waals surface area (Å²) in [5.74, 6) is -1.57. The van der Waals surface area contributed by atoms with Crippen LogP contribution in [0.15, 0.2) is 24.3 Å². The number of imide groups is 1. The first-order valence-electron chi connectivity index (χ1n) is 11.8. The minimum atomic E-state index is -1.00. The number of hydrogen-bond donors (Lipinski definition) is 1. The van der Waals surface area contributed by atoms with Crippen LogP contribution in [0, 0.1) is 0 Å². The molecule has 1 aromatic rings. The standard InChI is InChI=1S/C24H35NO11/c26-22(27)19-36-18-17-35-16-15-34-14-13-33-12-11-32-10-9-31-8-7-30-6-5-25-23(28)20-3-1-2-4-21(20)24(25)29/h1-4H,5-19H2,(H,26,27). The molecule has 1 N–H and O–H groups in total. The SMILES string of the molecule is O=C(O)COCCOCCOCCOCCOCCOCCOCCN1C(=O)c2ccccc2C1=O. The van der Waals surface area contributed by atoms with Gasteiger partial charge in [-0.1, -0.05) is 12.1 Å². The summed E-state index contributed by atoms with van der Waals surface area (Å²) in [6.45, 7) is 4.88. The van der Waals surface area contributed by atoms with Crippen LogP contribution >= 0.6 is 0 Å². The summed E-state index contributed by atoms with van der Waals surface area (Å²) >= 11 is 0. The number of carboxylic acid groups (broad SMARTS) is 1. The molecule has 1 aliphatic rings. The molecule has 0 spiro atoms. The Labute approximate surface area is 210 Å². The number of benzene rings is 1. The highest BCUT2D eigenvalue weighted by Crippen LogP contribution is 2.21. The van der Waals surface area contributed by atoms with E-state index in [0.717, 1.165) is 0 Å². The van der Waals surface area contributed by atoms with Crippen LogP contribution in [-0.2, 0) is 38.0 Å². The van der Waals surface area contributed by atoms with Gasteiger partial charge in [-0.25, -0.2) is 4.79 Å². The van der Waals surface area contributed by atoms with Crippen molar-refractivity contribution in [3.63, 3.8) is 0 Å². The Morgan fingerprint density at radius 2 is 0.917 bits per heavy atom. The number of aliphatic carboxylic acids is 1. The quantitative estimate of drug-likeness (QED) is 0.161. The van der Waals surface area contributed by atoms with Gasteiger partial charge in [0.2, 0.25) is 0 Å². The molecule has 0 aliphatic carbocycles. The van der Waals surface area contributed by atoms with Gasteiger partial charge in [-0.05, 0) is 12.1 Å². The lowest BCUT2D eigenvalue weighted by molar-refractivity contribution is -0.142. The van der Waals surface area contributed by atoms with Crippen molar-refractivity contribution < 1.29 is 52.6 Å². The zero-order chi connectivity index (χ0) is 25.8. The molecule has 0 bridgehead atoms. The van der Waals surface area contributed by atoms with Crippen LogP contribution in [0.5, 0.6) is 0 Å².